The number of nitrogens with zero attached hydrogens (tertiary/aromatic N) is 2. The molecule has 1 saturated heterocycles. The Labute approximate surface area is 104 Å². The fourth-order valence-electron chi connectivity index (χ4n) is 2.46. The summed E-state index contributed by atoms with van der Waals surface area (Å²) in [5.74, 6) is 0.299. The topological polar surface area (TPSA) is 73.9 Å². The first kappa shape index (κ1) is 14.3. The van der Waals surface area contributed by atoms with Crippen molar-refractivity contribution in [3.8, 4) is 0 Å². The van der Waals surface area contributed by atoms with Crippen LogP contribution in [0.3, 0.4) is 0 Å². The van der Waals surface area contributed by atoms with Crippen molar-refractivity contribution >= 4 is 5.84 Å². The van der Waals surface area contributed by atoms with E-state index in [9.17, 15) is 0 Å². The summed E-state index contributed by atoms with van der Waals surface area (Å²) < 4.78 is 0. The standard InChI is InChI=1S/C12H26N4O/c1-3-6-16-7-4-11(5-8-16)14-10(2)9-12(13)15-17/h10-11,14,17H,3-9H2,1-2H3,(H2,13,15). The van der Waals surface area contributed by atoms with Crippen LogP contribution in [-0.4, -0.2) is 47.7 Å². The lowest BCUT2D eigenvalue weighted by Crippen LogP contribution is -2.46. The van der Waals surface area contributed by atoms with Crippen LogP contribution < -0.4 is 11.1 Å². The van der Waals surface area contributed by atoms with E-state index in [-0.39, 0.29) is 6.04 Å². The van der Waals surface area contributed by atoms with E-state index in [1.165, 1.54) is 38.9 Å². The molecule has 0 saturated carbocycles. The minimum atomic E-state index is 0.272. The van der Waals surface area contributed by atoms with E-state index < -0.39 is 0 Å². The van der Waals surface area contributed by atoms with Crippen LogP contribution in [0.25, 0.3) is 0 Å². The molecular formula is C12H26N4O. The average Bonchev–Trinajstić information content (AvgIpc) is 2.31. The van der Waals surface area contributed by atoms with E-state index in [2.05, 4.69) is 29.2 Å². The molecule has 100 valence electrons. The highest BCUT2D eigenvalue weighted by Gasteiger charge is 2.19. The van der Waals surface area contributed by atoms with Gasteiger partial charge in [0.1, 0.15) is 5.84 Å². The Bertz CT molecular complexity index is 237. The van der Waals surface area contributed by atoms with Gasteiger partial charge in [-0.15, -0.1) is 0 Å². The zero-order valence-corrected chi connectivity index (χ0v) is 11.0. The molecule has 1 aliphatic heterocycles. The average molecular weight is 242 g/mol. The number of nitrogens with two attached hydrogens (primary N) is 1. The lowest BCUT2D eigenvalue weighted by atomic mass is 10.0. The fraction of sp³-hybridized carbons (Fsp3) is 0.917. The van der Waals surface area contributed by atoms with Crippen LogP contribution >= 0.6 is 0 Å². The normalized spacial score (nSPS) is 21.6. The second-order valence-corrected chi connectivity index (χ2v) is 4.98. The van der Waals surface area contributed by atoms with E-state index in [1.807, 2.05) is 0 Å². The van der Waals surface area contributed by atoms with Crippen LogP contribution in [0.2, 0.25) is 0 Å². The molecule has 0 aromatic heterocycles. The Morgan fingerprint density at radius 1 is 1.53 bits per heavy atom. The van der Waals surface area contributed by atoms with Gasteiger partial charge in [-0.1, -0.05) is 12.1 Å². The molecule has 0 radical (unpaired) electrons. The molecule has 0 spiro atoms. The predicted octanol–water partition coefficient (Wildman–Crippen LogP) is 0.975. The van der Waals surface area contributed by atoms with Gasteiger partial charge in [0, 0.05) is 18.5 Å². The molecule has 1 unspecified atom stereocenters. The highest BCUT2D eigenvalue weighted by molar-refractivity contribution is 5.80. The van der Waals surface area contributed by atoms with Crippen molar-refractivity contribution < 1.29 is 5.21 Å². The number of oxime groups is 1. The summed E-state index contributed by atoms with van der Waals surface area (Å²) in [5, 5.41) is 15.1. The molecular weight excluding hydrogens is 216 g/mol. The monoisotopic (exact) mass is 242 g/mol. The van der Waals surface area contributed by atoms with Crippen molar-refractivity contribution in [2.24, 2.45) is 10.9 Å². The maximum Gasteiger partial charge on any atom is 0.140 e. The zero-order chi connectivity index (χ0) is 12.7. The summed E-state index contributed by atoms with van der Waals surface area (Å²) >= 11 is 0. The molecule has 5 heteroatoms. The molecule has 0 aromatic carbocycles. The van der Waals surface area contributed by atoms with Crippen LogP contribution in [-0.2, 0) is 0 Å². The summed E-state index contributed by atoms with van der Waals surface area (Å²) in [7, 11) is 0. The molecule has 0 aliphatic carbocycles. The van der Waals surface area contributed by atoms with E-state index in [1.54, 1.807) is 0 Å². The minimum Gasteiger partial charge on any atom is -0.409 e. The zero-order valence-electron chi connectivity index (χ0n) is 11.0. The van der Waals surface area contributed by atoms with Gasteiger partial charge in [-0.2, -0.15) is 0 Å². The van der Waals surface area contributed by atoms with E-state index in [4.69, 9.17) is 10.9 Å². The Morgan fingerprint density at radius 2 is 2.18 bits per heavy atom. The molecule has 1 rings (SSSR count). The van der Waals surface area contributed by atoms with Gasteiger partial charge >= 0.3 is 0 Å². The van der Waals surface area contributed by atoms with Gasteiger partial charge in [-0.05, 0) is 45.8 Å². The number of hydrogen-bond acceptors (Lipinski definition) is 4. The number of amidine groups is 1. The second kappa shape index (κ2) is 7.50. The summed E-state index contributed by atoms with van der Waals surface area (Å²) in [6.45, 7) is 7.88. The number of hydrogen-bond donors (Lipinski definition) is 3. The maximum atomic E-state index is 8.51. The van der Waals surface area contributed by atoms with Gasteiger partial charge in [0.05, 0.1) is 0 Å². The molecule has 17 heavy (non-hydrogen) atoms. The van der Waals surface area contributed by atoms with Gasteiger partial charge in [-0.25, -0.2) is 0 Å². The quantitative estimate of drug-likeness (QED) is 0.281. The fourth-order valence-corrected chi connectivity index (χ4v) is 2.46. The molecule has 1 atom stereocenters. The third-order valence-electron chi connectivity index (χ3n) is 3.29. The molecule has 4 N–H and O–H groups in total. The highest BCUT2D eigenvalue weighted by Crippen LogP contribution is 2.11. The van der Waals surface area contributed by atoms with E-state index in [0.717, 1.165) is 0 Å². The van der Waals surface area contributed by atoms with Crippen LogP contribution in [0.15, 0.2) is 5.16 Å². The molecule has 0 amide bonds. The van der Waals surface area contributed by atoms with Gasteiger partial charge in [0.2, 0.25) is 0 Å². The molecule has 0 bridgehead atoms. The number of piperidine rings is 1. The van der Waals surface area contributed by atoms with Crippen molar-refractivity contribution in [2.75, 3.05) is 19.6 Å². The van der Waals surface area contributed by atoms with Crippen molar-refractivity contribution in [3.63, 3.8) is 0 Å². The molecule has 1 heterocycles. The van der Waals surface area contributed by atoms with Gasteiger partial charge in [0.25, 0.3) is 0 Å². The highest BCUT2D eigenvalue weighted by atomic mass is 16.4. The number of nitrogens with one attached hydrogen (secondary N) is 1. The number of likely N-dealkylation sites (tertiary alicyclic amines) is 1. The number of rotatable bonds is 6. The third kappa shape index (κ3) is 5.37. The van der Waals surface area contributed by atoms with E-state index in [0.29, 0.717) is 18.3 Å². The van der Waals surface area contributed by atoms with Crippen LogP contribution in [0, 0.1) is 0 Å². The predicted molar refractivity (Wildman–Crippen MR) is 70.4 cm³/mol. The lowest BCUT2D eigenvalue weighted by Gasteiger charge is -2.33. The van der Waals surface area contributed by atoms with Gasteiger partial charge < -0.3 is 21.2 Å². The Kier molecular flexibility index (Phi) is 6.29. The van der Waals surface area contributed by atoms with Crippen molar-refractivity contribution in [1.29, 1.82) is 0 Å². The Balaban J connectivity index is 2.21. The summed E-state index contributed by atoms with van der Waals surface area (Å²) in [4.78, 5) is 2.52. The second-order valence-electron chi connectivity index (χ2n) is 4.98. The molecule has 1 fully saturated rings. The summed E-state index contributed by atoms with van der Waals surface area (Å²) in [5.41, 5.74) is 5.49. The van der Waals surface area contributed by atoms with Crippen molar-refractivity contribution in [2.45, 2.75) is 51.6 Å². The third-order valence-corrected chi connectivity index (χ3v) is 3.29. The van der Waals surface area contributed by atoms with Crippen molar-refractivity contribution in [1.82, 2.24) is 10.2 Å². The maximum absolute atomic E-state index is 8.51. The van der Waals surface area contributed by atoms with Crippen LogP contribution in [0.5, 0.6) is 0 Å². The van der Waals surface area contributed by atoms with Crippen LogP contribution in [0.4, 0.5) is 0 Å². The van der Waals surface area contributed by atoms with Crippen molar-refractivity contribution in [3.05, 3.63) is 0 Å². The Morgan fingerprint density at radius 3 is 2.71 bits per heavy atom. The van der Waals surface area contributed by atoms with Gasteiger partial charge in [0.15, 0.2) is 0 Å². The van der Waals surface area contributed by atoms with Crippen LogP contribution in [0.1, 0.15) is 39.5 Å². The SMILES string of the molecule is CCCN1CCC(NC(C)CC(N)=NO)CC1. The summed E-state index contributed by atoms with van der Waals surface area (Å²) in [6.07, 6.45) is 4.23. The minimum absolute atomic E-state index is 0.272. The first-order valence-electron chi connectivity index (χ1n) is 6.60. The van der Waals surface area contributed by atoms with Gasteiger partial charge in [-0.3, -0.25) is 0 Å². The Hall–Kier alpha value is -0.810. The van der Waals surface area contributed by atoms with E-state index >= 15 is 0 Å². The molecule has 1 aliphatic rings. The first-order chi connectivity index (χ1) is 8.15. The summed E-state index contributed by atoms with van der Waals surface area (Å²) in [6, 6.07) is 0.846. The smallest absolute Gasteiger partial charge is 0.140 e. The molecule has 5 nitrogen and oxygen atoms in total. The lowest BCUT2D eigenvalue weighted by molar-refractivity contribution is 0.192. The first-order valence-corrected chi connectivity index (χ1v) is 6.60. The molecule has 0 aromatic rings. The largest absolute Gasteiger partial charge is 0.409 e.